The SMILES string of the molecule is CCN(C)Cc1cccc(OCC(O)CN(C)C2CCCCC2)c1. The van der Waals surface area contributed by atoms with Crippen molar-refractivity contribution in [2.24, 2.45) is 0 Å². The van der Waals surface area contributed by atoms with Gasteiger partial charge < -0.3 is 19.6 Å². The van der Waals surface area contributed by atoms with Gasteiger partial charge in [0.1, 0.15) is 18.5 Å². The van der Waals surface area contributed by atoms with Crippen LogP contribution in [0, 0.1) is 0 Å². The Morgan fingerprint density at radius 3 is 2.67 bits per heavy atom. The van der Waals surface area contributed by atoms with E-state index in [1.165, 1.54) is 37.7 Å². The smallest absolute Gasteiger partial charge is 0.119 e. The molecule has 1 N–H and O–H groups in total. The maximum absolute atomic E-state index is 10.3. The van der Waals surface area contributed by atoms with E-state index in [2.05, 4.69) is 43.0 Å². The first-order chi connectivity index (χ1) is 11.6. The van der Waals surface area contributed by atoms with Gasteiger partial charge in [0.15, 0.2) is 0 Å². The number of rotatable bonds is 9. The molecule has 4 nitrogen and oxygen atoms in total. The maximum Gasteiger partial charge on any atom is 0.119 e. The summed E-state index contributed by atoms with van der Waals surface area (Å²) in [6, 6.07) is 8.80. The van der Waals surface area contributed by atoms with Gasteiger partial charge in [0.2, 0.25) is 0 Å². The zero-order valence-corrected chi connectivity index (χ0v) is 15.6. The Morgan fingerprint density at radius 1 is 1.21 bits per heavy atom. The minimum absolute atomic E-state index is 0.351. The second-order valence-electron chi connectivity index (χ2n) is 7.17. The second kappa shape index (κ2) is 10.0. The lowest BCUT2D eigenvalue weighted by Crippen LogP contribution is -2.40. The van der Waals surface area contributed by atoms with Crippen molar-refractivity contribution >= 4 is 0 Å². The Balaban J connectivity index is 1.76. The minimum atomic E-state index is -0.445. The number of likely N-dealkylation sites (N-methyl/N-ethyl adjacent to an activating group) is 1. The summed E-state index contributed by atoms with van der Waals surface area (Å²) in [6.45, 7) is 5.13. The van der Waals surface area contributed by atoms with Crippen molar-refractivity contribution in [2.45, 2.75) is 57.7 Å². The van der Waals surface area contributed by atoms with Crippen LogP contribution in [0.5, 0.6) is 5.75 Å². The van der Waals surface area contributed by atoms with E-state index in [0.29, 0.717) is 19.2 Å². The number of hydrogen-bond acceptors (Lipinski definition) is 4. The molecule has 1 unspecified atom stereocenters. The van der Waals surface area contributed by atoms with Crippen LogP contribution >= 0.6 is 0 Å². The van der Waals surface area contributed by atoms with Crippen LogP contribution in [0.3, 0.4) is 0 Å². The van der Waals surface area contributed by atoms with E-state index < -0.39 is 6.10 Å². The Kier molecular flexibility index (Phi) is 8.03. The van der Waals surface area contributed by atoms with E-state index >= 15 is 0 Å². The molecule has 1 aliphatic carbocycles. The average Bonchev–Trinajstić information content (AvgIpc) is 2.61. The Morgan fingerprint density at radius 2 is 1.96 bits per heavy atom. The third-order valence-corrected chi connectivity index (χ3v) is 5.03. The molecule has 1 atom stereocenters. The molecule has 0 heterocycles. The van der Waals surface area contributed by atoms with Gasteiger partial charge in [-0.2, -0.15) is 0 Å². The summed E-state index contributed by atoms with van der Waals surface area (Å²) in [5, 5.41) is 10.3. The molecule has 1 saturated carbocycles. The molecule has 0 aromatic heterocycles. The van der Waals surface area contributed by atoms with Crippen molar-refractivity contribution in [3.8, 4) is 5.75 Å². The Bertz CT molecular complexity index is 474. The summed E-state index contributed by atoms with van der Waals surface area (Å²) in [5.74, 6) is 0.844. The molecule has 0 radical (unpaired) electrons. The van der Waals surface area contributed by atoms with Crippen LogP contribution in [0.15, 0.2) is 24.3 Å². The number of nitrogens with zero attached hydrogens (tertiary/aromatic N) is 2. The monoisotopic (exact) mass is 334 g/mol. The van der Waals surface area contributed by atoms with E-state index in [9.17, 15) is 5.11 Å². The predicted molar refractivity (Wildman–Crippen MR) is 99.5 cm³/mol. The second-order valence-corrected chi connectivity index (χ2v) is 7.17. The zero-order chi connectivity index (χ0) is 17.4. The molecule has 0 amide bonds. The lowest BCUT2D eigenvalue weighted by Gasteiger charge is -2.32. The Labute approximate surface area is 147 Å². The molecule has 24 heavy (non-hydrogen) atoms. The van der Waals surface area contributed by atoms with Gasteiger partial charge in [-0.1, -0.05) is 38.3 Å². The van der Waals surface area contributed by atoms with Crippen LogP contribution in [-0.2, 0) is 6.54 Å². The standard InChI is InChI=1S/C20H34N2O2/c1-4-21(2)14-17-9-8-12-20(13-17)24-16-19(23)15-22(3)18-10-6-5-7-11-18/h8-9,12-13,18-19,23H,4-7,10-11,14-16H2,1-3H3. The van der Waals surface area contributed by atoms with Crippen molar-refractivity contribution in [3.63, 3.8) is 0 Å². The van der Waals surface area contributed by atoms with Crippen molar-refractivity contribution < 1.29 is 9.84 Å². The molecule has 1 aliphatic rings. The fourth-order valence-electron chi connectivity index (χ4n) is 3.41. The molecule has 0 saturated heterocycles. The van der Waals surface area contributed by atoms with Crippen LogP contribution in [0.1, 0.15) is 44.6 Å². The number of benzene rings is 1. The third kappa shape index (κ3) is 6.42. The fraction of sp³-hybridized carbons (Fsp3) is 0.700. The predicted octanol–water partition coefficient (Wildman–Crippen LogP) is 3.14. The molecule has 1 fully saturated rings. The molecular formula is C20H34N2O2. The van der Waals surface area contributed by atoms with Gasteiger partial charge in [0.05, 0.1) is 0 Å². The van der Waals surface area contributed by atoms with Crippen molar-refractivity contribution in [3.05, 3.63) is 29.8 Å². The highest BCUT2D eigenvalue weighted by Crippen LogP contribution is 2.22. The van der Waals surface area contributed by atoms with Crippen LogP contribution in [0.4, 0.5) is 0 Å². The number of hydrogen-bond donors (Lipinski definition) is 1. The van der Waals surface area contributed by atoms with E-state index in [0.717, 1.165) is 18.8 Å². The first-order valence-electron chi connectivity index (χ1n) is 9.37. The van der Waals surface area contributed by atoms with Gasteiger partial charge in [0, 0.05) is 19.1 Å². The fourth-order valence-corrected chi connectivity index (χ4v) is 3.41. The summed E-state index contributed by atoms with van der Waals surface area (Å²) in [7, 11) is 4.23. The van der Waals surface area contributed by atoms with Crippen molar-refractivity contribution in [2.75, 3.05) is 33.8 Å². The van der Waals surface area contributed by atoms with Crippen LogP contribution in [-0.4, -0.2) is 60.8 Å². The van der Waals surface area contributed by atoms with Crippen molar-refractivity contribution in [1.82, 2.24) is 9.80 Å². The highest BCUT2D eigenvalue weighted by atomic mass is 16.5. The van der Waals surface area contributed by atoms with Gasteiger partial charge >= 0.3 is 0 Å². The lowest BCUT2D eigenvalue weighted by molar-refractivity contribution is 0.0561. The van der Waals surface area contributed by atoms with Gasteiger partial charge in [-0.25, -0.2) is 0 Å². The molecule has 0 bridgehead atoms. The van der Waals surface area contributed by atoms with Crippen LogP contribution in [0.25, 0.3) is 0 Å². The van der Waals surface area contributed by atoms with E-state index in [-0.39, 0.29) is 0 Å². The summed E-state index contributed by atoms with van der Waals surface area (Å²) in [5.41, 5.74) is 1.24. The molecule has 0 spiro atoms. The molecule has 1 aromatic rings. The van der Waals surface area contributed by atoms with Gasteiger partial charge in [-0.3, -0.25) is 0 Å². The zero-order valence-electron chi connectivity index (χ0n) is 15.6. The molecule has 2 rings (SSSR count). The highest BCUT2D eigenvalue weighted by Gasteiger charge is 2.20. The molecule has 1 aromatic carbocycles. The average molecular weight is 335 g/mol. The van der Waals surface area contributed by atoms with Crippen LogP contribution < -0.4 is 4.74 Å². The number of aliphatic hydroxyl groups is 1. The van der Waals surface area contributed by atoms with Crippen molar-refractivity contribution in [1.29, 1.82) is 0 Å². The third-order valence-electron chi connectivity index (χ3n) is 5.03. The van der Waals surface area contributed by atoms with Crippen LogP contribution in [0.2, 0.25) is 0 Å². The molecular weight excluding hydrogens is 300 g/mol. The van der Waals surface area contributed by atoms with E-state index in [1.54, 1.807) is 0 Å². The Hall–Kier alpha value is -1.10. The normalized spacial score (nSPS) is 17.4. The van der Waals surface area contributed by atoms with Gasteiger partial charge in [0.25, 0.3) is 0 Å². The molecule has 136 valence electrons. The number of ether oxygens (including phenoxy) is 1. The van der Waals surface area contributed by atoms with E-state index in [1.807, 2.05) is 12.1 Å². The highest BCUT2D eigenvalue weighted by molar-refractivity contribution is 5.28. The summed E-state index contributed by atoms with van der Waals surface area (Å²) in [6.07, 6.45) is 6.08. The topological polar surface area (TPSA) is 35.9 Å². The summed E-state index contributed by atoms with van der Waals surface area (Å²) < 4.78 is 5.82. The number of aliphatic hydroxyl groups excluding tert-OH is 1. The summed E-state index contributed by atoms with van der Waals surface area (Å²) >= 11 is 0. The minimum Gasteiger partial charge on any atom is -0.491 e. The van der Waals surface area contributed by atoms with Gasteiger partial charge in [-0.15, -0.1) is 0 Å². The summed E-state index contributed by atoms with van der Waals surface area (Å²) in [4.78, 5) is 4.56. The maximum atomic E-state index is 10.3. The molecule has 4 heteroatoms. The first-order valence-corrected chi connectivity index (χ1v) is 9.37. The largest absolute Gasteiger partial charge is 0.491 e. The quantitative estimate of drug-likeness (QED) is 0.753. The molecule has 0 aliphatic heterocycles. The first kappa shape index (κ1) is 19.2. The van der Waals surface area contributed by atoms with Gasteiger partial charge in [-0.05, 0) is 51.2 Å². The lowest BCUT2D eigenvalue weighted by atomic mass is 9.94. The van der Waals surface area contributed by atoms with E-state index in [4.69, 9.17) is 4.74 Å².